The van der Waals surface area contributed by atoms with Gasteiger partial charge < -0.3 is 10.5 Å². The van der Waals surface area contributed by atoms with Crippen LogP contribution in [0.3, 0.4) is 0 Å². The van der Waals surface area contributed by atoms with Crippen molar-refractivity contribution in [3.63, 3.8) is 0 Å². The molecule has 0 aliphatic rings. The summed E-state index contributed by atoms with van der Waals surface area (Å²) in [6.07, 6.45) is 1.44. The molecule has 0 heterocycles. The predicted octanol–water partition coefficient (Wildman–Crippen LogP) is 3.26. The van der Waals surface area contributed by atoms with Gasteiger partial charge in [0.2, 0.25) is 0 Å². The van der Waals surface area contributed by atoms with Crippen molar-refractivity contribution < 1.29 is 9.13 Å². The number of rotatable bonds is 5. The first-order valence-electron chi connectivity index (χ1n) is 6.72. The molecule has 0 amide bonds. The molecule has 0 spiro atoms. The molecule has 0 bridgehead atoms. The van der Waals surface area contributed by atoms with Gasteiger partial charge in [-0.15, -0.1) is 0 Å². The molecule has 2 aromatic rings. The summed E-state index contributed by atoms with van der Waals surface area (Å²) in [5.41, 5.74) is 9.55. The van der Waals surface area contributed by atoms with Gasteiger partial charge in [-0.25, -0.2) is 4.39 Å². The smallest absolute Gasteiger partial charge is 0.165 e. The maximum absolute atomic E-state index is 13.6. The van der Waals surface area contributed by atoms with Crippen LogP contribution >= 0.6 is 0 Å². The van der Waals surface area contributed by atoms with Crippen LogP contribution in [0.5, 0.6) is 5.75 Å². The fraction of sp³-hybridized carbons (Fsp3) is 0.294. The van der Waals surface area contributed by atoms with Crippen molar-refractivity contribution in [2.75, 3.05) is 7.11 Å². The van der Waals surface area contributed by atoms with Crippen molar-refractivity contribution >= 4 is 0 Å². The summed E-state index contributed by atoms with van der Waals surface area (Å²) in [5.74, 6) is -0.0747. The lowest BCUT2D eigenvalue weighted by atomic mass is 9.97. The van der Waals surface area contributed by atoms with Gasteiger partial charge in [0.05, 0.1) is 7.11 Å². The Bertz CT molecular complexity index is 583. The third-order valence-corrected chi connectivity index (χ3v) is 3.46. The normalized spacial score (nSPS) is 12.2. The SMILES string of the molecule is COc1ccc(CC(N)Cc2ccccc2C)cc1F. The van der Waals surface area contributed by atoms with Crippen LogP contribution in [0, 0.1) is 12.7 Å². The molecule has 0 saturated carbocycles. The second kappa shape index (κ2) is 6.53. The summed E-state index contributed by atoms with van der Waals surface area (Å²) in [6.45, 7) is 2.08. The third-order valence-electron chi connectivity index (χ3n) is 3.46. The fourth-order valence-electron chi connectivity index (χ4n) is 2.33. The van der Waals surface area contributed by atoms with E-state index in [2.05, 4.69) is 19.1 Å². The van der Waals surface area contributed by atoms with Gasteiger partial charge in [-0.1, -0.05) is 30.3 Å². The zero-order valence-corrected chi connectivity index (χ0v) is 11.9. The highest BCUT2D eigenvalue weighted by Gasteiger charge is 2.09. The van der Waals surface area contributed by atoms with Gasteiger partial charge >= 0.3 is 0 Å². The Labute approximate surface area is 119 Å². The van der Waals surface area contributed by atoms with Gasteiger partial charge in [0, 0.05) is 6.04 Å². The molecule has 20 heavy (non-hydrogen) atoms. The largest absolute Gasteiger partial charge is 0.494 e. The summed E-state index contributed by atoms with van der Waals surface area (Å²) < 4.78 is 18.5. The van der Waals surface area contributed by atoms with Crippen LogP contribution in [-0.4, -0.2) is 13.2 Å². The Morgan fingerprint density at radius 1 is 1.15 bits per heavy atom. The molecule has 2 aromatic carbocycles. The minimum atomic E-state index is -0.340. The van der Waals surface area contributed by atoms with E-state index < -0.39 is 0 Å². The van der Waals surface area contributed by atoms with Crippen LogP contribution in [0.4, 0.5) is 4.39 Å². The topological polar surface area (TPSA) is 35.2 Å². The van der Waals surface area contributed by atoms with Gasteiger partial charge in [-0.3, -0.25) is 0 Å². The number of nitrogens with two attached hydrogens (primary N) is 1. The number of aryl methyl sites for hydroxylation is 1. The highest BCUT2D eigenvalue weighted by atomic mass is 19.1. The second-order valence-electron chi connectivity index (χ2n) is 5.06. The number of ether oxygens (including phenoxy) is 1. The summed E-state index contributed by atoms with van der Waals surface area (Å²) in [5, 5.41) is 0. The van der Waals surface area contributed by atoms with E-state index in [0.717, 1.165) is 12.0 Å². The minimum absolute atomic E-state index is 0.0242. The fourth-order valence-corrected chi connectivity index (χ4v) is 2.33. The van der Waals surface area contributed by atoms with Gasteiger partial charge in [0.15, 0.2) is 11.6 Å². The average molecular weight is 273 g/mol. The van der Waals surface area contributed by atoms with E-state index >= 15 is 0 Å². The molecule has 1 atom stereocenters. The Kier molecular flexibility index (Phi) is 4.74. The Morgan fingerprint density at radius 2 is 1.90 bits per heavy atom. The zero-order valence-electron chi connectivity index (χ0n) is 11.9. The van der Waals surface area contributed by atoms with Crippen LogP contribution in [0.25, 0.3) is 0 Å². The monoisotopic (exact) mass is 273 g/mol. The van der Waals surface area contributed by atoms with E-state index in [0.29, 0.717) is 6.42 Å². The molecule has 0 aliphatic heterocycles. The summed E-state index contributed by atoms with van der Waals surface area (Å²) >= 11 is 0. The number of benzene rings is 2. The minimum Gasteiger partial charge on any atom is -0.494 e. The summed E-state index contributed by atoms with van der Waals surface area (Å²) in [4.78, 5) is 0. The van der Waals surface area contributed by atoms with Crippen LogP contribution in [0.15, 0.2) is 42.5 Å². The molecule has 2 N–H and O–H groups in total. The van der Waals surface area contributed by atoms with Crippen LogP contribution in [0.2, 0.25) is 0 Å². The highest BCUT2D eigenvalue weighted by molar-refractivity contribution is 5.31. The highest BCUT2D eigenvalue weighted by Crippen LogP contribution is 2.19. The molecule has 3 heteroatoms. The van der Waals surface area contributed by atoms with Crippen LogP contribution < -0.4 is 10.5 Å². The maximum Gasteiger partial charge on any atom is 0.165 e. The quantitative estimate of drug-likeness (QED) is 0.907. The first-order valence-corrected chi connectivity index (χ1v) is 6.72. The Hall–Kier alpha value is -1.87. The standard InChI is InChI=1S/C17H20FNO/c1-12-5-3-4-6-14(12)11-15(19)9-13-7-8-17(20-2)16(18)10-13/h3-8,10,15H,9,11,19H2,1-2H3. The molecule has 0 radical (unpaired) electrons. The van der Waals surface area contributed by atoms with Crippen molar-refractivity contribution in [2.24, 2.45) is 5.73 Å². The van der Waals surface area contributed by atoms with Crippen LogP contribution in [0.1, 0.15) is 16.7 Å². The van der Waals surface area contributed by atoms with E-state index in [9.17, 15) is 4.39 Å². The zero-order chi connectivity index (χ0) is 14.5. The molecule has 2 rings (SSSR count). The molecule has 1 unspecified atom stereocenters. The molecule has 106 valence electrons. The van der Waals surface area contributed by atoms with Gasteiger partial charge in [0.1, 0.15) is 0 Å². The van der Waals surface area contributed by atoms with Crippen molar-refractivity contribution in [3.05, 3.63) is 65.0 Å². The average Bonchev–Trinajstić information content (AvgIpc) is 2.41. The lowest BCUT2D eigenvalue weighted by molar-refractivity contribution is 0.386. The number of methoxy groups -OCH3 is 1. The molecule has 2 nitrogen and oxygen atoms in total. The maximum atomic E-state index is 13.6. The second-order valence-corrected chi connectivity index (χ2v) is 5.06. The van der Waals surface area contributed by atoms with Crippen molar-refractivity contribution in [1.29, 1.82) is 0 Å². The summed E-state index contributed by atoms with van der Waals surface area (Å²) in [6, 6.07) is 13.2. The van der Waals surface area contributed by atoms with Crippen LogP contribution in [-0.2, 0) is 12.8 Å². The molecule has 0 aliphatic carbocycles. The molecule has 0 saturated heterocycles. The first kappa shape index (κ1) is 14.5. The van der Waals surface area contributed by atoms with Gasteiger partial charge in [0.25, 0.3) is 0 Å². The first-order chi connectivity index (χ1) is 9.60. The lowest BCUT2D eigenvalue weighted by Gasteiger charge is -2.14. The van der Waals surface area contributed by atoms with Gasteiger partial charge in [-0.05, 0) is 48.6 Å². The number of hydrogen-bond donors (Lipinski definition) is 1. The predicted molar refractivity (Wildman–Crippen MR) is 79.5 cm³/mol. The van der Waals surface area contributed by atoms with E-state index in [4.69, 9.17) is 10.5 Å². The van der Waals surface area contributed by atoms with Crippen molar-refractivity contribution in [3.8, 4) is 5.75 Å². The third kappa shape index (κ3) is 3.58. The summed E-state index contributed by atoms with van der Waals surface area (Å²) in [7, 11) is 1.46. The molecular weight excluding hydrogens is 253 g/mol. The Morgan fingerprint density at radius 3 is 2.55 bits per heavy atom. The number of hydrogen-bond acceptors (Lipinski definition) is 2. The molecule has 0 fully saturated rings. The Balaban J connectivity index is 2.03. The van der Waals surface area contributed by atoms with Gasteiger partial charge in [-0.2, -0.15) is 0 Å². The number of halogens is 1. The van der Waals surface area contributed by atoms with E-state index in [1.165, 1.54) is 24.3 Å². The van der Waals surface area contributed by atoms with E-state index in [1.54, 1.807) is 6.07 Å². The lowest BCUT2D eigenvalue weighted by Crippen LogP contribution is -2.25. The van der Waals surface area contributed by atoms with E-state index in [-0.39, 0.29) is 17.6 Å². The molecule has 0 aromatic heterocycles. The molecular formula is C17H20FNO. The van der Waals surface area contributed by atoms with Crippen molar-refractivity contribution in [2.45, 2.75) is 25.8 Å². The van der Waals surface area contributed by atoms with Crippen molar-refractivity contribution in [1.82, 2.24) is 0 Å². The van der Waals surface area contributed by atoms with E-state index in [1.807, 2.05) is 18.2 Å².